The van der Waals surface area contributed by atoms with Crippen LogP contribution in [0.25, 0.3) is 0 Å². The molecule has 1 fully saturated rings. The quantitative estimate of drug-likeness (QED) is 0.793. The highest BCUT2D eigenvalue weighted by Crippen LogP contribution is 2.12. The van der Waals surface area contributed by atoms with Gasteiger partial charge < -0.3 is 14.9 Å². The molecule has 1 aliphatic heterocycles. The molecule has 0 unspecified atom stereocenters. The molecule has 0 radical (unpaired) electrons. The molecule has 5 heteroatoms. The fraction of sp³-hybridized carbons (Fsp3) is 0.500. The van der Waals surface area contributed by atoms with Crippen LogP contribution in [0.5, 0.6) is 5.75 Å². The molecular formula is C12H16FNO3. The van der Waals surface area contributed by atoms with Crippen molar-refractivity contribution in [1.29, 1.82) is 0 Å². The highest BCUT2D eigenvalue weighted by Gasteiger charge is 2.28. The molecule has 1 aromatic carbocycles. The number of β-amino-alcohol motifs (C(OH)–C–C–N with tert-alkyl or cyclic N) is 2. The van der Waals surface area contributed by atoms with Gasteiger partial charge in [0.1, 0.15) is 18.2 Å². The van der Waals surface area contributed by atoms with Gasteiger partial charge in [-0.15, -0.1) is 0 Å². The predicted molar refractivity (Wildman–Crippen MR) is 60.3 cm³/mol. The van der Waals surface area contributed by atoms with Gasteiger partial charge in [0.05, 0.1) is 12.2 Å². The molecule has 2 N–H and O–H groups in total. The van der Waals surface area contributed by atoms with Crippen molar-refractivity contribution in [1.82, 2.24) is 4.90 Å². The van der Waals surface area contributed by atoms with Crippen LogP contribution >= 0.6 is 0 Å². The number of likely N-dealkylation sites (tertiary alicyclic amines) is 1. The Kier molecular flexibility index (Phi) is 3.93. The van der Waals surface area contributed by atoms with Gasteiger partial charge in [-0.05, 0) is 24.3 Å². The van der Waals surface area contributed by atoms with E-state index in [0.29, 0.717) is 32.0 Å². The monoisotopic (exact) mass is 241 g/mol. The summed E-state index contributed by atoms with van der Waals surface area (Å²) in [6.45, 7) is 2.01. The number of benzene rings is 1. The van der Waals surface area contributed by atoms with Crippen LogP contribution in [-0.4, -0.2) is 53.6 Å². The van der Waals surface area contributed by atoms with Gasteiger partial charge in [0.25, 0.3) is 0 Å². The lowest BCUT2D eigenvalue weighted by Gasteiger charge is -2.14. The molecule has 2 atom stereocenters. The second-order valence-corrected chi connectivity index (χ2v) is 4.20. The van der Waals surface area contributed by atoms with Gasteiger partial charge in [0.2, 0.25) is 0 Å². The second-order valence-electron chi connectivity index (χ2n) is 4.20. The van der Waals surface area contributed by atoms with Crippen molar-refractivity contribution in [2.45, 2.75) is 12.2 Å². The molecule has 1 saturated heterocycles. The molecule has 1 heterocycles. The summed E-state index contributed by atoms with van der Waals surface area (Å²) in [6, 6.07) is 5.84. The normalized spacial score (nSPS) is 25.1. The third-order valence-corrected chi connectivity index (χ3v) is 2.82. The lowest BCUT2D eigenvalue weighted by atomic mass is 10.3. The smallest absolute Gasteiger partial charge is 0.123 e. The van der Waals surface area contributed by atoms with E-state index in [0.717, 1.165) is 0 Å². The summed E-state index contributed by atoms with van der Waals surface area (Å²) >= 11 is 0. The largest absolute Gasteiger partial charge is 0.492 e. The van der Waals surface area contributed by atoms with Gasteiger partial charge in [0.15, 0.2) is 0 Å². The number of aliphatic hydroxyl groups is 2. The van der Waals surface area contributed by atoms with E-state index >= 15 is 0 Å². The summed E-state index contributed by atoms with van der Waals surface area (Å²) < 4.78 is 18.0. The van der Waals surface area contributed by atoms with Gasteiger partial charge in [0, 0.05) is 19.6 Å². The van der Waals surface area contributed by atoms with Crippen molar-refractivity contribution >= 4 is 0 Å². The van der Waals surface area contributed by atoms with Crippen LogP contribution in [0, 0.1) is 5.82 Å². The average molecular weight is 241 g/mol. The van der Waals surface area contributed by atoms with Crippen molar-refractivity contribution in [2.24, 2.45) is 0 Å². The predicted octanol–water partition coefficient (Wildman–Crippen LogP) is 0.242. The van der Waals surface area contributed by atoms with Crippen LogP contribution in [-0.2, 0) is 0 Å². The Morgan fingerprint density at radius 1 is 1.18 bits per heavy atom. The fourth-order valence-electron chi connectivity index (χ4n) is 1.85. The molecule has 0 saturated carbocycles. The van der Waals surface area contributed by atoms with Crippen LogP contribution in [0.2, 0.25) is 0 Å². The van der Waals surface area contributed by atoms with Gasteiger partial charge in [-0.1, -0.05) is 0 Å². The molecule has 1 aliphatic rings. The zero-order chi connectivity index (χ0) is 12.3. The molecule has 0 amide bonds. The summed E-state index contributed by atoms with van der Waals surface area (Å²) in [5.41, 5.74) is 0. The zero-order valence-electron chi connectivity index (χ0n) is 9.42. The first-order valence-corrected chi connectivity index (χ1v) is 5.62. The number of aliphatic hydroxyl groups excluding tert-OH is 2. The fourth-order valence-corrected chi connectivity index (χ4v) is 1.85. The van der Waals surface area contributed by atoms with E-state index in [-0.39, 0.29) is 5.82 Å². The van der Waals surface area contributed by atoms with Crippen molar-refractivity contribution in [3.05, 3.63) is 30.1 Å². The topological polar surface area (TPSA) is 52.9 Å². The number of ether oxygens (including phenoxy) is 1. The summed E-state index contributed by atoms with van der Waals surface area (Å²) in [7, 11) is 0. The Balaban J connectivity index is 1.71. The molecule has 0 bridgehead atoms. The first-order chi connectivity index (χ1) is 8.15. The maximum atomic E-state index is 12.6. The second kappa shape index (κ2) is 5.44. The van der Waals surface area contributed by atoms with E-state index in [1.165, 1.54) is 12.1 Å². The number of halogens is 1. The zero-order valence-corrected chi connectivity index (χ0v) is 9.42. The Hall–Kier alpha value is -1.17. The summed E-state index contributed by atoms with van der Waals surface area (Å²) in [5.74, 6) is 0.329. The maximum Gasteiger partial charge on any atom is 0.123 e. The van der Waals surface area contributed by atoms with Gasteiger partial charge in [-0.25, -0.2) is 4.39 Å². The van der Waals surface area contributed by atoms with Crippen LogP contribution < -0.4 is 4.74 Å². The van der Waals surface area contributed by atoms with Crippen molar-refractivity contribution in [3.63, 3.8) is 0 Å². The average Bonchev–Trinajstić information content (AvgIpc) is 2.61. The number of nitrogens with zero attached hydrogens (tertiary/aromatic N) is 1. The number of rotatable bonds is 4. The highest BCUT2D eigenvalue weighted by atomic mass is 19.1. The standard InChI is InChI=1S/C12H16FNO3/c13-9-1-3-10(4-2-9)17-6-5-14-7-11(15)12(16)8-14/h1-4,11-12,15-16H,5-8H2/t11-,12+. The van der Waals surface area contributed by atoms with Gasteiger partial charge in [-0.3, -0.25) is 4.90 Å². The Labute approximate surface area is 99.2 Å². The number of hydrogen-bond donors (Lipinski definition) is 2. The van der Waals surface area contributed by atoms with Crippen molar-refractivity contribution < 1.29 is 19.3 Å². The minimum Gasteiger partial charge on any atom is -0.492 e. The highest BCUT2D eigenvalue weighted by molar-refractivity contribution is 5.21. The molecule has 1 aromatic rings. The van der Waals surface area contributed by atoms with Crippen LogP contribution in [0.3, 0.4) is 0 Å². The van der Waals surface area contributed by atoms with Crippen LogP contribution in [0.15, 0.2) is 24.3 Å². The van der Waals surface area contributed by atoms with Crippen LogP contribution in [0.4, 0.5) is 4.39 Å². The Morgan fingerprint density at radius 3 is 2.35 bits per heavy atom. The SMILES string of the molecule is O[C@@H]1CN(CCOc2ccc(F)cc2)C[C@@H]1O. The minimum absolute atomic E-state index is 0.289. The van der Waals surface area contributed by atoms with Crippen molar-refractivity contribution in [3.8, 4) is 5.75 Å². The van der Waals surface area contributed by atoms with Gasteiger partial charge in [-0.2, -0.15) is 0 Å². The van der Waals surface area contributed by atoms with E-state index in [9.17, 15) is 14.6 Å². The van der Waals surface area contributed by atoms with E-state index in [2.05, 4.69) is 0 Å². The van der Waals surface area contributed by atoms with Crippen molar-refractivity contribution in [2.75, 3.05) is 26.2 Å². The third-order valence-electron chi connectivity index (χ3n) is 2.82. The molecule has 0 spiro atoms. The van der Waals surface area contributed by atoms with Gasteiger partial charge >= 0.3 is 0 Å². The van der Waals surface area contributed by atoms with E-state index in [4.69, 9.17) is 4.74 Å². The lowest BCUT2D eigenvalue weighted by molar-refractivity contribution is 0.0572. The molecule has 4 nitrogen and oxygen atoms in total. The molecule has 2 rings (SSSR count). The Morgan fingerprint density at radius 2 is 1.76 bits per heavy atom. The van der Waals surface area contributed by atoms with Crippen LogP contribution in [0.1, 0.15) is 0 Å². The maximum absolute atomic E-state index is 12.6. The molecule has 0 aliphatic carbocycles. The summed E-state index contributed by atoms with van der Waals surface area (Å²) in [5, 5.41) is 18.7. The lowest BCUT2D eigenvalue weighted by Crippen LogP contribution is -2.27. The first kappa shape index (κ1) is 12.3. The molecule has 94 valence electrons. The Bertz CT molecular complexity index is 347. The van der Waals surface area contributed by atoms with E-state index in [1.54, 1.807) is 12.1 Å². The summed E-state index contributed by atoms with van der Waals surface area (Å²) in [6.07, 6.45) is -1.33. The summed E-state index contributed by atoms with van der Waals surface area (Å²) in [4.78, 5) is 1.93. The van der Waals surface area contributed by atoms with E-state index in [1.807, 2.05) is 4.90 Å². The minimum atomic E-state index is -0.666. The number of hydrogen-bond acceptors (Lipinski definition) is 4. The molecule has 0 aromatic heterocycles. The first-order valence-electron chi connectivity index (χ1n) is 5.62. The molecule has 17 heavy (non-hydrogen) atoms. The van der Waals surface area contributed by atoms with E-state index < -0.39 is 12.2 Å². The third kappa shape index (κ3) is 3.39. The molecular weight excluding hydrogens is 225 g/mol.